The van der Waals surface area contributed by atoms with E-state index in [1.807, 2.05) is 53.8 Å². The Balaban J connectivity index is 0.000000524. The summed E-state index contributed by atoms with van der Waals surface area (Å²) in [5, 5.41) is 4.14. The number of fused-ring (bicyclic) bond motifs is 1. The van der Waals surface area contributed by atoms with Crippen LogP contribution in [-0.2, 0) is 11.2 Å². The van der Waals surface area contributed by atoms with Gasteiger partial charge in [-0.15, -0.1) is 0 Å². The van der Waals surface area contributed by atoms with Crippen molar-refractivity contribution in [2.75, 3.05) is 19.5 Å². The van der Waals surface area contributed by atoms with Crippen molar-refractivity contribution in [2.24, 2.45) is 0 Å². The van der Waals surface area contributed by atoms with Crippen molar-refractivity contribution in [3.63, 3.8) is 0 Å². The number of hydrogen-bond acceptors (Lipinski definition) is 5. The first-order valence-corrected chi connectivity index (χ1v) is 11.1. The summed E-state index contributed by atoms with van der Waals surface area (Å²) in [5.41, 5.74) is 3.79. The van der Waals surface area contributed by atoms with Gasteiger partial charge in [0.05, 0.1) is 19.0 Å². The zero-order chi connectivity index (χ0) is 25.6. The number of aldehydes is 1. The molecule has 2 heterocycles. The van der Waals surface area contributed by atoms with E-state index in [1.165, 1.54) is 19.1 Å². The highest BCUT2D eigenvalue weighted by Gasteiger charge is 2.10. The van der Waals surface area contributed by atoms with Gasteiger partial charge in [-0.25, -0.2) is 13.8 Å². The van der Waals surface area contributed by atoms with Crippen molar-refractivity contribution in [2.45, 2.75) is 60.8 Å². The fourth-order valence-electron chi connectivity index (χ4n) is 2.85. The monoisotopic (exact) mass is 461 g/mol. The molecule has 0 radical (unpaired) electrons. The Labute approximate surface area is 196 Å². The first-order valence-electron chi connectivity index (χ1n) is 11.1. The smallest absolute Gasteiger partial charge is 0.215 e. The van der Waals surface area contributed by atoms with Gasteiger partial charge in [-0.3, -0.25) is 0 Å². The van der Waals surface area contributed by atoms with Crippen LogP contribution in [0.3, 0.4) is 0 Å². The highest BCUT2D eigenvalue weighted by Crippen LogP contribution is 2.23. The van der Waals surface area contributed by atoms with E-state index >= 15 is 0 Å². The van der Waals surface area contributed by atoms with E-state index in [0.717, 1.165) is 22.9 Å². The van der Waals surface area contributed by atoms with Gasteiger partial charge in [-0.1, -0.05) is 34.6 Å². The van der Waals surface area contributed by atoms with E-state index in [-0.39, 0.29) is 11.5 Å². The van der Waals surface area contributed by atoms with Crippen LogP contribution in [0, 0.1) is 18.6 Å². The normalized spacial score (nSPS) is 9.58. The van der Waals surface area contributed by atoms with Crippen LogP contribution in [-0.4, -0.2) is 30.4 Å². The van der Waals surface area contributed by atoms with Gasteiger partial charge in [-0.05, 0) is 55.5 Å². The number of halogens is 2. The molecule has 0 unspecified atom stereocenters. The van der Waals surface area contributed by atoms with Gasteiger partial charge in [0, 0.05) is 24.1 Å². The topological polar surface area (TPSA) is 64.1 Å². The van der Waals surface area contributed by atoms with E-state index in [2.05, 4.69) is 15.3 Å². The summed E-state index contributed by atoms with van der Waals surface area (Å²) >= 11 is 0. The summed E-state index contributed by atoms with van der Waals surface area (Å²) in [7, 11) is 3.48. The summed E-state index contributed by atoms with van der Waals surface area (Å²) in [4.78, 5) is 17.3. The molecule has 3 aromatic rings. The lowest BCUT2D eigenvalue weighted by Gasteiger charge is -2.08. The molecule has 0 amide bonds. The number of rotatable bonds is 4. The zero-order valence-electron chi connectivity index (χ0n) is 21.2. The van der Waals surface area contributed by atoms with Crippen LogP contribution in [0.15, 0.2) is 30.5 Å². The summed E-state index contributed by atoms with van der Waals surface area (Å²) in [6, 6.07) is 6.67. The summed E-state index contributed by atoms with van der Waals surface area (Å²) < 4.78 is 31.5. The van der Waals surface area contributed by atoms with Crippen molar-refractivity contribution in [1.82, 2.24) is 9.97 Å². The molecule has 5 nitrogen and oxygen atoms in total. The maximum atomic E-state index is 13.2. The molecule has 1 aromatic carbocycles. The van der Waals surface area contributed by atoms with Crippen LogP contribution < -0.4 is 10.1 Å². The molecule has 0 aliphatic heterocycles. The van der Waals surface area contributed by atoms with Gasteiger partial charge in [0.25, 0.3) is 0 Å². The first-order chi connectivity index (χ1) is 15.7. The zero-order valence-corrected chi connectivity index (χ0v) is 21.2. The number of aromatic nitrogens is 2. The van der Waals surface area contributed by atoms with Gasteiger partial charge in [0.1, 0.15) is 17.9 Å². The van der Waals surface area contributed by atoms with Crippen LogP contribution in [0.1, 0.15) is 64.2 Å². The van der Waals surface area contributed by atoms with Crippen molar-refractivity contribution in [1.29, 1.82) is 0 Å². The minimum atomic E-state index is -0.425. The number of hydrogen-bond donors (Lipinski definition) is 1. The quantitative estimate of drug-likeness (QED) is 0.430. The first kappa shape index (κ1) is 29.9. The van der Waals surface area contributed by atoms with Crippen LogP contribution >= 0.6 is 0 Å². The number of nitrogens with one attached hydrogen (secondary N) is 1. The second-order valence-electron chi connectivity index (χ2n) is 6.98. The van der Waals surface area contributed by atoms with Crippen molar-refractivity contribution < 1.29 is 18.3 Å². The molecule has 0 saturated carbocycles. The molecule has 0 atom stereocenters. The fourth-order valence-corrected chi connectivity index (χ4v) is 2.85. The molecule has 0 fully saturated rings. The van der Waals surface area contributed by atoms with Crippen molar-refractivity contribution in [3.05, 3.63) is 58.8 Å². The average Bonchev–Trinajstić information content (AvgIpc) is 2.81. The fraction of sp³-hybridized carbons (Fsp3) is 0.423. The molecule has 0 aliphatic carbocycles. The van der Waals surface area contributed by atoms with Crippen molar-refractivity contribution in [3.8, 4) is 5.88 Å². The second kappa shape index (κ2) is 15.7. The van der Waals surface area contributed by atoms with Gasteiger partial charge in [-0.2, -0.15) is 4.98 Å². The van der Waals surface area contributed by atoms with Crippen LogP contribution in [0.2, 0.25) is 0 Å². The number of aryl methyl sites for hydroxylation is 1. The molecule has 7 heteroatoms. The molecule has 0 spiro atoms. The molecule has 182 valence electrons. The Morgan fingerprint density at radius 3 is 2.12 bits per heavy atom. The molecule has 0 aliphatic rings. The largest absolute Gasteiger partial charge is 0.481 e. The van der Waals surface area contributed by atoms with Gasteiger partial charge >= 0.3 is 0 Å². The van der Waals surface area contributed by atoms with Gasteiger partial charge in [0.2, 0.25) is 5.88 Å². The predicted molar refractivity (Wildman–Crippen MR) is 133 cm³/mol. The van der Waals surface area contributed by atoms with E-state index in [1.54, 1.807) is 20.2 Å². The number of pyridine rings is 2. The summed E-state index contributed by atoms with van der Waals surface area (Å²) in [6.45, 7) is 13.1. The minimum Gasteiger partial charge on any atom is -0.481 e. The lowest BCUT2D eigenvalue weighted by Crippen LogP contribution is -1.98. The number of benzene rings is 1. The number of methoxy groups -OCH3 is 1. The maximum absolute atomic E-state index is 13.2. The molecule has 0 bridgehead atoms. The SMILES string of the molecule is CC.CC=O.CCc1c(F)cc(C(C)C)cc1F.CNc1cnc2nc(OC)ccc2c1C. The maximum Gasteiger partial charge on any atom is 0.215 e. The Morgan fingerprint density at radius 1 is 1.15 bits per heavy atom. The minimum absolute atomic E-state index is 0.162. The number of ether oxygens (including phenoxy) is 1. The summed E-state index contributed by atoms with van der Waals surface area (Å²) in [5.74, 6) is -0.0982. The Bertz CT molecular complexity index is 985. The van der Waals surface area contributed by atoms with Gasteiger partial charge < -0.3 is 14.8 Å². The van der Waals surface area contributed by atoms with Crippen molar-refractivity contribution >= 4 is 23.0 Å². The van der Waals surface area contributed by atoms with E-state index in [9.17, 15) is 8.78 Å². The third-order valence-electron chi connectivity index (χ3n) is 4.64. The third-order valence-corrected chi connectivity index (χ3v) is 4.64. The molecule has 3 rings (SSSR count). The average molecular weight is 462 g/mol. The molecule has 0 saturated heterocycles. The lowest BCUT2D eigenvalue weighted by molar-refractivity contribution is -0.106. The number of carbonyl (C=O) groups is 1. The predicted octanol–water partition coefficient (Wildman–Crippen LogP) is 6.87. The number of carbonyl (C=O) groups excluding carboxylic acids is 1. The van der Waals surface area contributed by atoms with Gasteiger partial charge in [0.15, 0.2) is 5.65 Å². The van der Waals surface area contributed by atoms with Crippen LogP contribution in [0.4, 0.5) is 14.5 Å². The van der Waals surface area contributed by atoms with Crippen LogP contribution in [0.25, 0.3) is 11.0 Å². The summed E-state index contributed by atoms with van der Waals surface area (Å²) in [6.07, 6.45) is 2.93. The molecule has 33 heavy (non-hydrogen) atoms. The Kier molecular flexibility index (Phi) is 14.2. The third kappa shape index (κ3) is 8.75. The van der Waals surface area contributed by atoms with E-state index in [4.69, 9.17) is 9.53 Å². The standard InChI is InChI=1S/C11H14F2.C11H13N3O.C2H4O.C2H6/c1-4-9-10(12)5-8(7(2)3)6-11(9)13;1-7-8-4-5-10(15-3)14-11(8)13-6-9(7)12-2;1-2-3;1-2/h5-7H,4H2,1-3H3;4-6,12H,1-3H3;2H,1H3;1-2H3. The number of anilines is 1. The van der Waals surface area contributed by atoms with E-state index < -0.39 is 11.6 Å². The molecular formula is C26H37F2N3O2. The van der Waals surface area contributed by atoms with Crippen LogP contribution in [0.5, 0.6) is 5.88 Å². The Hall–Kier alpha value is -3.09. The highest BCUT2D eigenvalue weighted by molar-refractivity contribution is 5.83. The molecule has 2 aromatic heterocycles. The molecule has 1 N–H and O–H groups in total. The molecular weight excluding hydrogens is 424 g/mol. The van der Waals surface area contributed by atoms with E-state index in [0.29, 0.717) is 23.5 Å². The highest BCUT2D eigenvalue weighted by atomic mass is 19.1. The second-order valence-corrected chi connectivity index (χ2v) is 6.98. The Morgan fingerprint density at radius 2 is 1.70 bits per heavy atom. The lowest BCUT2D eigenvalue weighted by atomic mass is 10.00. The number of nitrogens with zero attached hydrogens (tertiary/aromatic N) is 2.